The molecule has 0 atom stereocenters. The van der Waals surface area contributed by atoms with Gasteiger partial charge in [-0.1, -0.05) is 0 Å². The van der Waals surface area contributed by atoms with Gasteiger partial charge in [-0.15, -0.1) is 20.4 Å². The molecule has 1 aliphatic heterocycles. The van der Waals surface area contributed by atoms with Gasteiger partial charge in [-0.3, -0.25) is 53.4 Å². The summed E-state index contributed by atoms with van der Waals surface area (Å²) in [5.74, 6) is -2.96. The van der Waals surface area contributed by atoms with E-state index in [2.05, 4.69) is 41.3 Å². The molecule has 0 aromatic carbocycles. The summed E-state index contributed by atoms with van der Waals surface area (Å²) in [6, 6.07) is 3.34. The van der Waals surface area contributed by atoms with E-state index in [9.17, 15) is 44.1 Å². The van der Waals surface area contributed by atoms with Crippen molar-refractivity contribution in [2.24, 2.45) is 0 Å². The second-order valence-corrected chi connectivity index (χ2v) is 18.8. The van der Waals surface area contributed by atoms with E-state index in [-0.39, 0.29) is 75.7 Å². The molecule has 1 fully saturated rings. The number of hydrogen-bond acceptors (Lipinski definition) is 26. The van der Waals surface area contributed by atoms with Crippen molar-refractivity contribution in [1.29, 1.82) is 0 Å². The molecule has 32 heteroatoms. The fraction of sp³-hybridized carbons (Fsp3) is 0.755. The number of anilines is 1. The lowest BCUT2D eigenvalue weighted by Gasteiger charge is -2.32. The Kier molecular flexibility index (Phi) is 42.8. The zero-order valence-corrected chi connectivity index (χ0v) is 49.1. The summed E-state index contributed by atoms with van der Waals surface area (Å²) in [6.07, 6.45) is 2.28. The summed E-state index contributed by atoms with van der Waals surface area (Å²) in [6.45, 7) is 13.0. The van der Waals surface area contributed by atoms with Crippen LogP contribution in [0.3, 0.4) is 0 Å². The van der Waals surface area contributed by atoms with Gasteiger partial charge in [0.1, 0.15) is 5.69 Å². The number of carbonyl (C=O) groups excluding carboxylic acids is 3. The Morgan fingerprint density at radius 2 is 0.718 bits per heavy atom. The van der Waals surface area contributed by atoms with Crippen LogP contribution >= 0.6 is 0 Å². The molecule has 1 saturated heterocycles. The highest BCUT2D eigenvalue weighted by Crippen LogP contribution is 2.14. The largest absolute Gasteiger partial charge is 0.480 e. The Balaban J connectivity index is 0.981. The van der Waals surface area contributed by atoms with Crippen molar-refractivity contribution in [3.63, 3.8) is 0 Å². The van der Waals surface area contributed by atoms with Crippen molar-refractivity contribution >= 4 is 41.3 Å². The van der Waals surface area contributed by atoms with Gasteiger partial charge in [-0.2, -0.15) is 0 Å². The predicted molar refractivity (Wildman–Crippen MR) is 302 cm³/mol. The van der Waals surface area contributed by atoms with Crippen molar-refractivity contribution in [1.82, 2.24) is 55.6 Å². The topological polar surface area (TPSA) is 378 Å². The van der Waals surface area contributed by atoms with E-state index in [0.29, 0.717) is 221 Å². The Morgan fingerprint density at radius 1 is 0.412 bits per heavy atom. The summed E-state index contributed by atoms with van der Waals surface area (Å²) in [5, 5.41) is 52.1. The molecule has 0 aliphatic carbocycles. The van der Waals surface area contributed by atoms with Gasteiger partial charge in [0.25, 0.3) is 0 Å². The summed E-state index contributed by atoms with van der Waals surface area (Å²) in [7, 11) is 0. The maximum atomic E-state index is 12.8. The van der Waals surface area contributed by atoms with Gasteiger partial charge >= 0.3 is 17.9 Å². The summed E-state index contributed by atoms with van der Waals surface area (Å²) >= 11 is 0. The number of hydrogen-bond donors (Lipinski definition) is 6. The van der Waals surface area contributed by atoms with Crippen LogP contribution in [0.25, 0.3) is 11.5 Å². The summed E-state index contributed by atoms with van der Waals surface area (Å²) in [5.41, 5.74) is 0.995. The zero-order valence-electron chi connectivity index (χ0n) is 49.1. The van der Waals surface area contributed by atoms with E-state index in [1.807, 2.05) is 4.90 Å². The van der Waals surface area contributed by atoms with Crippen LogP contribution in [0, 0.1) is 6.92 Å². The third-order valence-corrected chi connectivity index (χ3v) is 11.9. The van der Waals surface area contributed by atoms with E-state index in [1.165, 1.54) is 6.20 Å². The van der Waals surface area contributed by atoms with Crippen LogP contribution in [0.4, 0.5) is 5.69 Å². The van der Waals surface area contributed by atoms with Crippen molar-refractivity contribution in [2.75, 3.05) is 242 Å². The Bertz CT molecular complexity index is 2060. The van der Waals surface area contributed by atoms with Gasteiger partial charge in [0, 0.05) is 78.3 Å². The quantitative estimate of drug-likeness (QED) is 0.0377. The first-order valence-electron chi connectivity index (χ1n) is 28.6. The van der Waals surface area contributed by atoms with Crippen LogP contribution in [0.15, 0.2) is 18.3 Å². The Hall–Kier alpha value is -5.69. The molecule has 482 valence electrons. The van der Waals surface area contributed by atoms with Gasteiger partial charge in [-0.05, 0) is 25.5 Å². The first-order valence-corrected chi connectivity index (χ1v) is 28.6. The number of aryl methyl sites for hydroxylation is 1. The molecule has 0 saturated carbocycles. The van der Waals surface area contributed by atoms with Crippen molar-refractivity contribution in [3.05, 3.63) is 24.2 Å². The standard InChI is InChI=1S/C53H90N12O20/c1-44-58-60-53(61-59-44)46-6-5-45(39-56-46)57-48(67)4-2-3-47(66)54-7-17-75-19-21-77-23-25-79-27-29-81-31-33-83-35-37-85-38-36-84-34-32-82-30-28-80-26-24-78-22-20-76-18-8-55-49(68)40-62-9-11-63(41-50(69)70)13-15-65(43-52(73)74)16-14-64(12-10-62)42-51(71)72/h5-6,39H,2-4,7-38,40-43H2,1H3,(H,54,66)(H,55,68)(H,57,67)(H,69,70)(H,71,72)(H,73,74). The molecule has 0 bridgehead atoms. The van der Waals surface area contributed by atoms with Crippen LogP contribution in [-0.2, 0) is 80.9 Å². The molecular formula is C53H90N12O20. The molecular weight excluding hydrogens is 1120 g/mol. The molecule has 3 rings (SSSR count). The second-order valence-electron chi connectivity index (χ2n) is 18.8. The third kappa shape index (κ3) is 41.9. The average Bonchev–Trinajstić information content (AvgIpc) is 3.49. The highest BCUT2D eigenvalue weighted by atomic mass is 16.6. The first-order chi connectivity index (χ1) is 41.4. The molecule has 0 radical (unpaired) electrons. The highest BCUT2D eigenvalue weighted by molar-refractivity contribution is 5.91. The molecule has 0 spiro atoms. The molecule has 85 heavy (non-hydrogen) atoms. The summed E-state index contributed by atoms with van der Waals surface area (Å²) in [4.78, 5) is 82.8. The van der Waals surface area contributed by atoms with E-state index in [4.69, 9.17) is 52.1 Å². The number of carboxylic acid groups (broad SMARTS) is 3. The number of pyridine rings is 1. The van der Waals surface area contributed by atoms with Gasteiger partial charge in [0.05, 0.1) is 183 Å². The molecule has 2 aromatic rings. The molecule has 6 N–H and O–H groups in total. The minimum Gasteiger partial charge on any atom is -0.480 e. The lowest BCUT2D eigenvalue weighted by atomic mass is 10.2. The highest BCUT2D eigenvalue weighted by Gasteiger charge is 2.21. The maximum Gasteiger partial charge on any atom is 0.317 e. The van der Waals surface area contributed by atoms with Gasteiger partial charge in [-0.25, -0.2) is 0 Å². The van der Waals surface area contributed by atoms with Crippen molar-refractivity contribution in [3.8, 4) is 11.5 Å². The van der Waals surface area contributed by atoms with E-state index in [1.54, 1.807) is 33.8 Å². The third-order valence-electron chi connectivity index (χ3n) is 11.9. The van der Waals surface area contributed by atoms with Crippen LogP contribution in [0.1, 0.15) is 25.1 Å². The lowest BCUT2D eigenvalue weighted by molar-refractivity contribution is -0.140. The number of aliphatic carboxylic acids is 3. The monoisotopic (exact) mass is 1210 g/mol. The van der Waals surface area contributed by atoms with Gasteiger partial charge in [0.15, 0.2) is 5.82 Å². The smallest absolute Gasteiger partial charge is 0.317 e. The second kappa shape index (κ2) is 49.4. The number of nitrogens with one attached hydrogen (secondary N) is 3. The van der Waals surface area contributed by atoms with Crippen LogP contribution in [-0.4, -0.2) is 333 Å². The molecule has 3 amide bonds. The molecule has 3 heterocycles. The number of rotatable bonds is 50. The fourth-order valence-corrected chi connectivity index (χ4v) is 7.57. The van der Waals surface area contributed by atoms with Crippen LogP contribution in [0.5, 0.6) is 0 Å². The fourth-order valence-electron chi connectivity index (χ4n) is 7.57. The molecule has 2 aromatic heterocycles. The number of ether oxygens (including phenoxy) is 11. The normalized spacial score (nSPS) is 14.1. The van der Waals surface area contributed by atoms with Crippen molar-refractivity contribution in [2.45, 2.75) is 26.2 Å². The average molecular weight is 1220 g/mol. The van der Waals surface area contributed by atoms with E-state index < -0.39 is 17.9 Å². The number of carboxylic acids is 3. The molecule has 0 unspecified atom stereocenters. The Labute approximate surface area is 496 Å². The molecule has 1 aliphatic rings. The van der Waals surface area contributed by atoms with Crippen LogP contribution < -0.4 is 16.0 Å². The minimum atomic E-state index is -1.03. The minimum absolute atomic E-state index is 0.0228. The SMILES string of the molecule is Cc1nnc(-c2ccc(NC(=O)CCCC(=O)NCCOCCOCCOCCOCCOCCOCCOCCOCCOCCOCCOCCNC(=O)CN3CCN(CC(=O)O)CCN(CC(=O)O)CCN(CC(=O)O)CC3)cn2)nn1. The van der Waals surface area contributed by atoms with Crippen molar-refractivity contribution < 1.29 is 96.2 Å². The van der Waals surface area contributed by atoms with Gasteiger partial charge in [0.2, 0.25) is 23.5 Å². The summed E-state index contributed by atoms with van der Waals surface area (Å²) < 4.78 is 60.7. The van der Waals surface area contributed by atoms with Gasteiger partial charge < -0.3 is 83.4 Å². The van der Waals surface area contributed by atoms with E-state index in [0.717, 1.165) is 0 Å². The lowest BCUT2D eigenvalue weighted by Crippen LogP contribution is -2.50. The first kappa shape index (κ1) is 73.6. The van der Waals surface area contributed by atoms with Crippen LogP contribution in [0.2, 0.25) is 0 Å². The number of carbonyl (C=O) groups is 6. The Morgan fingerprint density at radius 3 is 1.04 bits per heavy atom. The molecule has 32 nitrogen and oxygen atoms in total. The number of aromatic nitrogens is 5. The predicted octanol–water partition coefficient (Wildman–Crippen LogP) is -2.36. The zero-order chi connectivity index (χ0) is 61.2. The van der Waals surface area contributed by atoms with E-state index >= 15 is 0 Å². The maximum absolute atomic E-state index is 12.8. The number of amides is 3. The number of nitrogens with zero attached hydrogens (tertiary/aromatic N) is 9.